The van der Waals surface area contributed by atoms with E-state index in [2.05, 4.69) is 21.2 Å². The molecule has 0 aliphatic carbocycles. The van der Waals surface area contributed by atoms with E-state index in [1.807, 2.05) is 79.7 Å². The minimum Gasteiger partial charge on any atom is -0.318 e. The van der Waals surface area contributed by atoms with Gasteiger partial charge in [-0.1, -0.05) is 52.3 Å². The summed E-state index contributed by atoms with van der Waals surface area (Å²) in [6.45, 7) is 1.86. The van der Waals surface area contributed by atoms with Crippen molar-refractivity contribution in [3.05, 3.63) is 99.5 Å². The van der Waals surface area contributed by atoms with Crippen molar-refractivity contribution in [2.75, 3.05) is 12.4 Å². The molecule has 0 aliphatic rings. The Labute approximate surface area is 188 Å². The van der Waals surface area contributed by atoms with Gasteiger partial charge in [0.1, 0.15) is 5.82 Å². The molecule has 156 valence electrons. The molecule has 1 atom stereocenters. The summed E-state index contributed by atoms with van der Waals surface area (Å²) in [4.78, 5) is 32.6. The second-order valence-electron chi connectivity index (χ2n) is 7.19. The van der Waals surface area contributed by atoms with E-state index in [4.69, 9.17) is 4.98 Å². The first-order valence-electron chi connectivity index (χ1n) is 9.82. The summed E-state index contributed by atoms with van der Waals surface area (Å²) in [5.74, 6) is 0.488. The molecule has 0 saturated heterocycles. The van der Waals surface area contributed by atoms with Crippen molar-refractivity contribution in [3.63, 3.8) is 0 Å². The first-order chi connectivity index (χ1) is 15.0. The Balaban J connectivity index is 1.77. The van der Waals surface area contributed by atoms with Crippen molar-refractivity contribution in [2.24, 2.45) is 0 Å². The van der Waals surface area contributed by atoms with Crippen molar-refractivity contribution in [1.29, 1.82) is 0 Å². The third-order valence-electron chi connectivity index (χ3n) is 5.17. The summed E-state index contributed by atoms with van der Waals surface area (Å²) in [6, 6.07) is 23.2. The molecule has 1 heterocycles. The summed E-state index contributed by atoms with van der Waals surface area (Å²) in [7, 11) is 1.69. The van der Waals surface area contributed by atoms with Gasteiger partial charge in [0.15, 0.2) is 0 Å². The normalized spacial score (nSPS) is 11.8. The minimum absolute atomic E-state index is 0.167. The molecule has 4 rings (SSSR count). The highest BCUT2D eigenvalue weighted by atomic mass is 79.9. The number of nitrogens with one attached hydrogen (secondary N) is 1. The third-order valence-corrected chi connectivity index (χ3v) is 5.66. The van der Waals surface area contributed by atoms with Crippen LogP contribution in [-0.4, -0.2) is 27.5 Å². The second kappa shape index (κ2) is 8.73. The van der Waals surface area contributed by atoms with Gasteiger partial charge in [-0.15, -0.1) is 0 Å². The Bertz CT molecular complexity index is 1300. The molecule has 4 aromatic rings. The van der Waals surface area contributed by atoms with Gasteiger partial charge >= 0.3 is 6.03 Å². The number of anilines is 1. The minimum atomic E-state index is -0.468. The van der Waals surface area contributed by atoms with Crippen LogP contribution in [0.2, 0.25) is 0 Å². The van der Waals surface area contributed by atoms with Gasteiger partial charge in [-0.05, 0) is 49.4 Å². The highest BCUT2D eigenvalue weighted by Gasteiger charge is 2.24. The zero-order valence-electron chi connectivity index (χ0n) is 17.1. The Hall–Kier alpha value is -3.45. The smallest absolute Gasteiger partial charge is 0.318 e. The lowest BCUT2D eigenvalue weighted by molar-refractivity contribution is 0.205. The third kappa shape index (κ3) is 4.22. The fourth-order valence-electron chi connectivity index (χ4n) is 3.38. The fraction of sp³-hybridized carbons (Fsp3) is 0.125. The van der Waals surface area contributed by atoms with E-state index in [1.54, 1.807) is 17.7 Å². The maximum absolute atomic E-state index is 13.4. The van der Waals surface area contributed by atoms with Crippen LogP contribution in [0.3, 0.4) is 0 Å². The predicted molar refractivity (Wildman–Crippen MR) is 127 cm³/mol. The van der Waals surface area contributed by atoms with Crippen molar-refractivity contribution < 1.29 is 4.79 Å². The first kappa shape index (κ1) is 20.8. The molecule has 0 spiro atoms. The maximum atomic E-state index is 13.4. The van der Waals surface area contributed by atoms with Gasteiger partial charge in [-0.2, -0.15) is 0 Å². The second-order valence-corrected chi connectivity index (χ2v) is 8.11. The zero-order chi connectivity index (χ0) is 22.0. The lowest BCUT2D eigenvalue weighted by atomic mass is 10.2. The number of hydrogen-bond donors (Lipinski definition) is 1. The van der Waals surface area contributed by atoms with Crippen LogP contribution in [0.25, 0.3) is 16.6 Å². The molecule has 0 radical (unpaired) electrons. The SMILES string of the molecule is CC(c1nc2ccccc2c(=O)n1-c1ccccc1)N(C)C(=O)Nc1cccc(Br)c1. The van der Waals surface area contributed by atoms with Crippen LogP contribution in [-0.2, 0) is 0 Å². The van der Waals surface area contributed by atoms with Gasteiger partial charge in [-0.25, -0.2) is 9.78 Å². The molecule has 1 aromatic heterocycles. The van der Waals surface area contributed by atoms with Crippen molar-refractivity contribution in [2.45, 2.75) is 13.0 Å². The standard InChI is InChI=1S/C24H21BrN4O2/c1-16(28(2)24(31)26-18-10-8-9-17(25)15-18)22-27-21-14-7-6-13-20(21)23(30)29(22)19-11-4-3-5-12-19/h3-16H,1-2H3,(H,26,31). The molecule has 3 aromatic carbocycles. The fourth-order valence-corrected chi connectivity index (χ4v) is 3.78. The molecule has 7 heteroatoms. The average Bonchev–Trinajstić information content (AvgIpc) is 2.78. The lowest BCUT2D eigenvalue weighted by Crippen LogP contribution is -2.37. The summed E-state index contributed by atoms with van der Waals surface area (Å²) >= 11 is 3.41. The highest BCUT2D eigenvalue weighted by Crippen LogP contribution is 2.23. The maximum Gasteiger partial charge on any atom is 0.322 e. The van der Waals surface area contributed by atoms with Crippen LogP contribution >= 0.6 is 15.9 Å². The molecule has 0 fully saturated rings. The number of para-hydroxylation sites is 2. The van der Waals surface area contributed by atoms with E-state index >= 15 is 0 Å². The number of aromatic nitrogens is 2. The molecule has 0 bridgehead atoms. The molecular formula is C24H21BrN4O2. The highest BCUT2D eigenvalue weighted by molar-refractivity contribution is 9.10. The monoisotopic (exact) mass is 476 g/mol. The van der Waals surface area contributed by atoms with Crippen LogP contribution in [0.1, 0.15) is 18.8 Å². The van der Waals surface area contributed by atoms with Crippen LogP contribution in [0.4, 0.5) is 10.5 Å². The van der Waals surface area contributed by atoms with Crippen molar-refractivity contribution >= 4 is 38.6 Å². The summed E-state index contributed by atoms with van der Waals surface area (Å²) < 4.78 is 2.45. The average molecular weight is 477 g/mol. The summed E-state index contributed by atoms with van der Waals surface area (Å²) in [6.07, 6.45) is 0. The van der Waals surface area contributed by atoms with Crippen LogP contribution in [0.5, 0.6) is 0 Å². The van der Waals surface area contributed by atoms with E-state index < -0.39 is 6.04 Å². The molecule has 31 heavy (non-hydrogen) atoms. The van der Waals surface area contributed by atoms with E-state index in [0.717, 1.165) is 4.47 Å². The van der Waals surface area contributed by atoms with E-state index in [-0.39, 0.29) is 11.6 Å². The lowest BCUT2D eigenvalue weighted by Gasteiger charge is -2.27. The molecule has 0 aliphatic heterocycles. The largest absolute Gasteiger partial charge is 0.322 e. The van der Waals surface area contributed by atoms with Gasteiger partial charge in [0, 0.05) is 17.2 Å². The van der Waals surface area contributed by atoms with Gasteiger partial charge in [0.05, 0.1) is 22.6 Å². The topological polar surface area (TPSA) is 67.2 Å². The van der Waals surface area contributed by atoms with Crippen molar-refractivity contribution in [1.82, 2.24) is 14.5 Å². The molecule has 1 unspecified atom stereocenters. The Kier molecular flexibility index (Phi) is 5.86. The molecular weight excluding hydrogens is 456 g/mol. The molecule has 0 saturated carbocycles. The summed E-state index contributed by atoms with van der Waals surface area (Å²) in [5, 5.41) is 3.42. The number of carbonyl (C=O) groups is 1. The predicted octanol–water partition coefficient (Wildman–Crippen LogP) is 5.37. The Morgan fingerprint density at radius 2 is 1.74 bits per heavy atom. The number of carbonyl (C=O) groups excluding carboxylic acids is 1. The van der Waals surface area contributed by atoms with Crippen LogP contribution in [0.15, 0.2) is 88.1 Å². The zero-order valence-corrected chi connectivity index (χ0v) is 18.7. The molecule has 2 amide bonds. The Morgan fingerprint density at radius 3 is 2.48 bits per heavy atom. The number of fused-ring (bicyclic) bond motifs is 1. The number of nitrogens with zero attached hydrogens (tertiary/aromatic N) is 3. The van der Waals surface area contributed by atoms with Gasteiger partial charge in [-0.3, -0.25) is 9.36 Å². The molecule has 1 N–H and O–H groups in total. The van der Waals surface area contributed by atoms with Crippen LogP contribution < -0.4 is 10.9 Å². The van der Waals surface area contributed by atoms with E-state index in [1.165, 1.54) is 4.90 Å². The molecule has 6 nitrogen and oxygen atoms in total. The van der Waals surface area contributed by atoms with E-state index in [9.17, 15) is 9.59 Å². The van der Waals surface area contributed by atoms with Gasteiger partial charge in [0.2, 0.25) is 0 Å². The first-order valence-corrected chi connectivity index (χ1v) is 10.6. The Morgan fingerprint density at radius 1 is 1.03 bits per heavy atom. The number of rotatable bonds is 4. The number of benzene rings is 3. The number of amides is 2. The van der Waals surface area contributed by atoms with Crippen LogP contribution in [0, 0.1) is 0 Å². The number of urea groups is 1. The number of halogens is 1. The van der Waals surface area contributed by atoms with Gasteiger partial charge < -0.3 is 10.2 Å². The van der Waals surface area contributed by atoms with E-state index in [0.29, 0.717) is 28.1 Å². The quantitative estimate of drug-likeness (QED) is 0.430. The summed E-state index contributed by atoms with van der Waals surface area (Å²) in [5.41, 5.74) is 1.81. The van der Waals surface area contributed by atoms with Crippen molar-refractivity contribution in [3.8, 4) is 5.69 Å². The number of hydrogen-bond acceptors (Lipinski definition) is 3. The van der Waals surface area contributed by atoms with Gasteiger partial charge in [0.25, 0.3) is 5.56 Å².